The molecule has 0 unspecified atom stereocenters. The Labute approximate surface area is 207 Å². The number of sulfonamides is 1. The third kappa shape index (κ3) is 6.74. The monoisotopic (exact) mass is 527 g/mol. The van der Waals surface area contributed by atoms with Crippen LogP contribution in [-0.2, 0) is 16.6 Å². The highest BCUT2D eigenvalue weighted by Crippen LogP contribution is 2.27. The van der Waals surface area contributed by atoms with Crippen molar-refractivity contribution in [1.29, 1.82) is 0 Å². The van der Waals surface area contributed by atoms with Crippen LogP contribution in [0.3, 0.4) is 0 Å². The van der Waals surface area contributed by atoms with Gasteiger partial charge in [-0.15, -0.1) is 0 Å². The fourth-order valence-electron chi connectivity index (χ4n) is 2.78. The molecule has 0 fully saturated rings. The maximum Gasteiger partial charge on any atom is 0.263 e. The van der Waals surface area contributed by atoms with Crippen LogP contribution in [0.4, 0.5) is 5.69 Å². The molecular formula is C22H20Cl3N3O4S. The minimum absolute atomic E-state index is 0.00440. The summed E-state index contributed by atoms with van der Waals surface area (Å²) in [6, 6.07) is 12.1. The van der Waals surface area contributed by atoms with Crippen molar-refractivity contribution in [1.82, 2.24) is 10.3 Å². The van der Waals surface area contributed by atoms with E-state index in [1.807, 2.05) is 13.8 Å². The number of nitrogens with one attached hydrogen (secondary N) is 2. The lowest BCUT2D eigenvalue weighted by Crippen LogP contribution is -2.23. The number of halogens is 3. The van der Waals surface area contributed by atoms with Crippen LogP contribution in [0.1, 0.15) is 29.9 Å². The normalized spacial score (nSPS) is 11.3. The Hall–Kier alpha value is -2.52. The molecule has 0 radical (unpaired) electrons. The van der Waals surface area contributed by atoms with Crippen molar-refractivity contribution in [2.75, 3.05) is 4.72 Å². The number of pyridine rings is 1. The summed E-state index contributed by atoms with van der Waals surface area (Å²) in [4.78, 5) is 16.5. The van der Waals surface area contributed by atoms with Crippen molar-refractivity contribution in [3.63, 3.8) is 0 Å². The van der Waals surface area contributed by atoms with Crippen LogP contribution >= 0.6 is 34.8 Å². The van der Waals surface area contributed by atoms with Crippen LogP contribution in [0, 0.1) is 0 Å². The zero-order valence-electron chi connectivity index (χ0n) is 17.6. The summed E-state index contributed by atoms with van der Waals surface area (Å²) in [5.74, 6) is 0.200. The highest BCUT2D eigenvalue weighted by Gasteiger charge is 2.18. The fraction of sp³-hybridized carbons (Fsp3) is 0.182. The Bertz CT molecular complexity index is 1270. The summed E-state index contributed by atoms with van der Waals surface area (Å²) < 4.78 is 33.1. The van der Waals surface area contributed by atoms with Crippen LogP contribution in [0.2, 0.25) is 15.1 Å². The maximum absolute atomic E-state index is 12.6. The Morgan fingerprint density at radius 3 is 2.39 bits per heavy atom. The predicted octanol–water partition coefficient (Wildman–Crippen LogP) is 5.56. The average molecular weight is 529 g/mol. The van der Waals surface area contributed by atoms with Crippen LogP contribution in [0.15, 0.2) is 59.6 Å². The second-order valence-electron chi connectivity index (χ2n) is 7.21. The van der Waals surface area contributed by atoms with Crippen molar-refractivity contribution in [2.45, 2.75) is 31.4 Å². The molecule has 1 aromatic heterocycles. The van der Waals surface area contributed by atoms with Crippen molar-refractivity contribution in [3.05, 3.63) is 81.1 Å². The number of ether oxygens (including phenoxy) is 1. The molecule has 0 spiro atoms. The molecule has 3 rings (SSSR count). The lowest BCUT2D eigenvalue weighted by molar-refractivity contribution is 0.0950. The lowest BCUT2D eigenvalue weighted by Gasteiger charge is -2.12. The van der Waals surface area contributed by atoms with Crippen LogP contribution < -0.4 is 14.8 Å². The molecular weight excluding hydrogens is 509 g/mol. The molecule has 1 amide bonds. The van der Waals surface area contributed by atoms with Gasteiger partial charge >= 0.3 is 0 Å². The van der Waals surface area contributed by atoms with Gasteiger partial charge < -0.3 is 10.1 Å². The zero-order valence-corrected chi connectivity index (χ0v) is 20.7. The number of aromatic nitrogens is 1. The second-order valence-corrected chi connectivity index (χ2v) is 10.1. The molecule has 2 N–H and O–H groups in total. The highest BCUT2D eigenvalue weighted by atomic mass is 35.5. The number of rotatable bonds is 8. The van der Waals surface area contributed by atoms with E-state index in [0.29, 0.717) is 22.0 Å². The molecule has 2 aromatic carbocycles. The molecule has 11 heteroatoms. The van der Waals surface area contributed by atoms with Crippen LogP contribution in [0.5, 0.6) is 5.75 Å². The lowest BCUT2D eigenvalue weighted by atomic mass is 10.2. The second kappa shape index (κ2) is 10.6. The van der Waals surface area contributed by atoms with E-state index in [2.05, 4.69) is 15.0 Å². The Kier molecular flexibility index (Phi) is 8.07. The van der Waals surface area contributed by atoms with E-state index in [1.54, 1.807) is 24.3 Å². The van der Waals surface area contributed by atoms with Gasteiger partial charge in [-0.3, -0.25) is 14.5 Å². The molecule has 174 valence electrons. The highest BCUT2D eigenvalue weighted by molar-refractivity contribution is 7.92. The van der Waals surface area contributed by atoms with Crippen molar-refractivity contribution in [2.24, 2.45) is 0 Å². The Morgan fingerprint density at radius 2 is 1.79 bits per heavy atom. The van der Waals surface area contributed by atoms with E-state index in [4.69, 9.17) is 39.5 Å². The minimum Gasteiger partial charge on any atom is -0.491 e. The van der Waals surface area contributed by atoms with E-state index in [-0.39, 0.29) is 39.2 Å². The Balaban J connectivity index is 1.62. The summed E-state index contributed by atoms with van der Waals surface area (Å²) >= 11 is 18.0. The first kappa shape index (κ1) is 25.1. The maximum atomic E-state index is 12.6. The summed E-state index contributed by atoms with van der Waals surface area (Å²) in [5, 5.41) is 3.33. The number of hydrogen-bond acceptors (Lipinski definition) is 5. The molecule has 0 saturated heterocycles. The van der Waals surface area contributed by atoms with Gasteiger partial charge in [0.15, 0.2) is 0 Å². The molecule has 0 aliphatic rings. The van der Waals surface area contributed by atoms with Gasteiger partial charge in [0, 0.05) is 5.02 Å². The Morgan fingerprint density at radius 1 is 1.03 bits per heavy atom. The number of amides is 1. The van der Waals surface area contributed by atoms with E-state index in [9.17, 15) is 13.2 Å². The first-order valence-electron chi connectivity index (χ1n) is 9.72. The van der Waals surface area contributed by atoms with Gasteiger partial charge in [0.25, 0.3) is 15.9 Å². The van der Waals surface area contributed by atoms with Gasteiger partial charge in [0.1, 0.15) is 10.6 Å². The van der Waals surface area contributed by atoms with Gasteiger partial charge in [-0.05, 0) is 62.4 Å². The van der Waals surface area contributed by atoms with E-state index in [1.165, 1.54) is 30.5 Å². The third-order valence-corrected chi connectivity index (χ3v) is 6.66. The SMILES string of the molecule is CC(C)Oc1ccc(C(=O)NCc2ccc(NS(=O)(=O)c3ccc(Cl)cc3Cl)cn2)c(Cl)c1. The molecule has 0 atom stereocenters. The quantitative estimate of drug-likeness (QED) is 0.399. The molecule has 0 saturated carbocycles. The van der Waals surface area contributed by atoms with E-state index < -0.39 is 10.0 Å². The van der Waals surface area contributed by atoms with Crippen molar-refractivity contribution >= 4 is 56.4 Å². The standard InChI is InChI=1S/C22H20Cl3N3O4S/c1-13(2)32-17-6-7-18(19(24)10-17)22(29)27-11-15-4-5-16(12-26-15)28-33(30,31)21-8-3-14(23)9-20(21)25/h3-10,12-13,28H,11H2,1-2H3,(H,27,29). The predicted molar refractivity (Wildman–Crippen MR) is 130 cm³/mol. The smallest absolute Gasteiger partial charge is 0.263 e. The molecule has 0 aliphatic carbocycles. The van der Waals surface area contributed by atoms with Gasteiger partial charge in [0.2, 0.25) is 0 Å². The topological polar surface area (TPSA) is 97.4 Å². The summed E-state index contributed by atoms with van der Waals surface area (Å²) in [6.07, 6.45) is 1.33. The van der Waals surface area contributed by atoms with Gasteiger partial charge in [-0.2, -0.15) is 0 Å². The molecule has 0 aliphatic heterocycles. The molecule has 1 heterocycles. The number of carbonyl (C=O) groups excluding carboxylic acids is 1. The van der Waals surface area contributed by atoms with Crippen LogP contribution in [-0.4, -0.2) is 25.4 Å². The number of hydrogen-bond donors (Lipinski definition) is 2. The van der Waals surface area contributed by atoms with Gasteiger partial charge in [-0.1, -0.05) is 34.8 Å². The number of nitrogens with zero attached hydrogens (tertiary/aromatic N) is 1. The van der Waals surface area contributed by atoms with Crippen molar-refractivity contribution in [3.8, 4) is 5.75 Å². The van der Waals surface area contributed by atoms with E-state index >= 15 is 0 Å². The van der Waals surface area contributed by atoms with Crippen LogP contribution in [0.25, 0.3) is 0 Å². The summed E-state index contributed by atoms with van der Waals surface area (Å²) in [7, 11) is -3.93. The third-order valence-electron chi connectivity index (χ3n) is 4.25. The largest absolute Gasteiger partial charge is 0.491 e. The molecule has 7 nitrogen and oxygen atoms in total. The molecule has 0 bridgehead atoms. The van der Waals surface area contributed by atoms with Gasteiger partial charge in [-0.25, -0.2) is 8.42 Å². The zero-order chi connectivity index (χ0) is 24.2. The minimum atomic E-state index is -3.93. The number of carbonyl (C=O) groups is 1. The summed E-state index contributed by atoms with van der Waals surface area (Å²) in [5.41, 5.74) is 1.06. The molecule has 33 heavy (non-hydrogen) atoms. The average Bonchev–Trinajstić information content (AvgIpc) is 2.72. The fourth-order valence-corrected chi connectivity index (χ4v) is 4.86. The van der Waals surface area contributed by atoms with Crippen molar-refractivity contribution < 1.29 is 17.9 Å². The summed E-state index contributed by atoms with van der Waals surface area (Å²) in [6.45, 7) is 3.91. The first-order chi connectivity index (χ1) is 15.5. The first-order valence-corrected chi connectivity index (χ1v) is 12.3. The van der Waals surface area contributed by atoms with Gasteiger partial charge in [0.05, 0.1) is 45.8 Å². The van der Waals surface area contributed by atoms with E-state index in [0.717, 1.165) is 0 Å². The number of anilines is 1. The molecule has 3 aromatic rings. The number of benzene rings is 2.